The van der Waals surface area contributed by atoms with Crippen molar-refractivity contribution in [1.82, 2.24) is 20.5 Å². The number of H-pyrrole nitrogens is 1. The number of nitrogens with zero attached hydrogens (tertiary/aromatic N) is 2. The summed E-state index contributed by atoms with van der Waals surface area (Å²) >= 11 is 0. The van der Waals surface area contributed by atoms with Crippen molar-refractivity contribution >= 4 is 0 Å². The molecular weight excluding hydrogens is 200 g/mol. The molecule has 1 saturated heterocycles. The highest BCUT2D eigenvalue weighted by Gasteiger charge is 2.36. The van der Waals surface area contributed by atoms with Crippen LogP contribution in [0.1, 0.15) is 51.2 Å². The summed E-state index contributed by atoms with van der Waals surface area (Å²) < 4.78 is 0. The van der Waals surface area contributed by atoms with Crippen LogP contribution in [0.2, 0.25) is 0 Å². The van der Waals surface area contributed by atoms with E-state index in [-0.39, 0.29) is 5.41 Å². The van der Waals surface area contributed by atoms with Crippen molar-refractivity contribution in [2.45, 2.75) is 51.4 Å². The van der Waals surface area contributed by atoms with E-state index in [1.54, 1.807) is 0 Å². The van der Waals surface area contributed by atoms with Gasteiger partial charge in [0, 0.05) is 11.8 Å². The molecular formula is C12H22N4. The lowest BCUT2D eigenvalue weighted by Crippen LogP contribution is -2.40. The van der Waals surface area contributed by atoms with E-state index in [9.17, 15) is 0 Å². The Labute approximate surface area is 97.2 Å². The summed E-state index contributed by atoms with van der Waals surface area (Å²) in [5.41, 5.74) is 0.226. The number of aromatic amines is 1. The summed E-state index contributed by atoms with van der Waals surface area (Å²) in [6.07, 6.45) is 5.68. The lowest BCUT2D eigenvalue weighted by molar-refractivity contribution is 0.271. The maximum absolute atomic E-state index is 4.65. The third-order valence-corrected chi connectivity index (χ3v) is 3.63. The number of nitrogens with one attached hydrogen (secondary N) is 2. The molecule has 0 aromatic carbocycles. The van der Waals surface area contributed by atoms with Gasteiger partial charge < -0.3 is 5.32 Å². The molecule has 2 heterocycles. The minimum absolute atomic E-state index is 0.226. The zero-order valence-corrected chi connectivity index (χ0v) is 10.3. The quantitative estimate of drug-likeness (QED) is 0.816. The Bertz CT molecular complexity index is 320. The predicted octanol–water partition coefficient (Wildman–Crippen LogP) is 1.79. The second-order valence-electron chi connectivity index (χ2n) is 4.74. The molecule has 2 N–H and O–H groups in total. The van der Waals surface area contributed by atoms with E-state index in [2.05, 4.69) is 34.3 Å². The lowest BCUT2D eigenvalue weighted by Gasteiger charge is -2.35. The van der Waals surface area contributed by atoms with Crippen molar-refractivity contribution in [3.05, 3.63) is 11.6 Å². The van der Waals surface area contributed by atoms with Gasteiger partial charge in [-0.25, -0.2) is 4.98 Å². The zero-order chi connectivity index (χ0) is 11.4. The van der Waals surface area contributed by atoms with E-state index in [0.29, 0.717) is 0 Å². The van der Waals surface area contributed by atoms with Crippen LogP contribution >= 0.6 is 0 Å². The third-order valence-electron chi connectivity index (χ3n) is 3.63. The van der Waals surface area contributed by atoms with E-state index >= 15 is 0 Å². The van der Waals surface area contributed by atoms with Gasteiger partial charge in [-0.2, -0.15) is 5.10 Å². The van der Waals surface area contributed by atoms with Crippen molar-refractivity contribution in [1.29, 1.82) is 0 Å². The van der Waals surface area contributed by atoms with Crippen LogP contribution in [0.25, 0.3) is 0 Å². The van der Waals surface area contributed by atoms with Crippen molar-refractivity contribution in [3.63, 3.8) is 0 Å². The Kier molecular flexibility index (Phi) is 3.59. The normalized spacial score (nSPS) is 19.9. The lowest BCUT2D eigenvalue weighted by atomic mass is 9.75. The molecule has 2 rings (SSSR count). The van der Waals surface area contributed by atoms with Gasteiger partial charge in [0.2, 0.25) is 0 Å². The van der Waals surface area contributed by atoms with Gasteiger partial charge in [-0.1, -0.05) is 20.3 Å². The molecule has 0 atom stereocenters. The Morgan fingerprint density at radius 1 is 1.25 bits per heavy atom. The molecule has 1 aliphatic rings. The van der Waals surface area contributed by atoms with Crippen LogP contribution in [0, 0.1) is 0 Å². The Morgan fingerprint density at radius 3 is 2.56 bits per heavy atom. The molecule has 1 aromatic rings. The molecule has 0 amide bonds. The second-order valence-corrected chi connectivity index (χ2v) is 4.74. The first-order chi connectivity index (χ1) is 7.80. The van der Waals surface area contributed by atoms with E-state index < -0.39 is 0 Å². The Balaban J connectivity index is 2.23. The molecule has 1 aliphatic heterocycles. The zero-order valence-electron chi connectivity index (χ0n) is 10.3. The minimum atomic E-state index is 0.226. The van der Waals surface area contributed by atoms with Gasteiger partial charge >= 0.3 is 0 Å². The van der Waals surface area contributed by atoms with E-state index in [0.717, 1.165) is 31.2 Å². The van der Waals surface area contributed by atoms with Gasteiger partial charge in [-0.3, -0.25) is 5.10 Å². The number of rotatable bonds is 4. The van der Waals surface area contributed by atoms with Crippen LogP contribution in [0.15, 0.2) is 0 Å². The summed E-state index contributed by atoms with van der Waals surface area (Å²) in [5.74, 6) is 2.07. The first kappa shape index (κ1) is 11.6. The van der Waals surface area contributed by atoms with Gasteiger partial charge in [0.25, 0.3) is 0 Å². The Morgan fingerprint density at radius 2 is 2.00 bits per heavy atom. The third kappa shape index (κ3) is 2.12. The molecule has 0 aliphatic carbocycles. The summed E-state index contributed by atoms with van der Waals surface area (Å²) in [6, 6.07) is 0. The highest BCUT2D eigenvalue weighted by atomic mass is 15.2. The molecule has 4 heteroatoms. The van der Waals surface area contributed by atoms with Crippen molar-refractivity contribution in [2.75, 3.05) is 13.1 Å². The molecule has 0 bridgehead atoms. The molecule has 0 spiro atoms. The standard InChI is InChI=1S/C12H22N4/c1-3-5-12(6-8-13-9-7-12)11-14-10(4-2)15-16-11/h13H,3-9H2,1-2H3,(H,14,15,16). The van der Waals surface area contributed by atoms with Crippen LogP contribution in [-0.4, -0.2) is 28.3 Å². The summed E-state index contributed by atoms with van der Waals surface area (Å²) in [4.78, 5) is 4.65. The van der Waals surface area contributed by atoms with E-state index in [1.807, 2.05) is 0 Å². The van der Waals surface area contributed by atoms with E-state index in [4.69, 9.17) is 0 Å². The van der Waals surface area contributed by atoms with Crippen molar-refractivity contribution < 1.29 is 0 Å². The SMILES string of the molecule is CCCC1(c2n[nH]c(CC)n2)CCNCC1. The number of aryl methyl sites for hydroxylation is 1. The van der Waals surface area contributed by atoms with Crippen molar-refractivity contribution in [2.24, 2.45) is 0 Å². The monoisotopic (exact) mass is 222 g/mol. The van der Waals surface area contributed by atoms with Crippen LogP contribution in [0.3, 0.4) is 0 Å². The number of hydrogen-bond acceptors (Lipinski definition) is 3. The van der Waals surface area contributed by atoms with Crippen LogP contribution in [-0.2, 0) is 11.8 Å². The maximum atomic E-state index is 4.65. The maximum Gasteiger partial charge on any atom is 0.156 e. The van der Waals surface area contributed by atoms with Crippen LogP contribution < -0.4 is 5.32 Å². The largest absolute Gasteiger partial charge is 0.317 e. The smallest absolute Gasteiger partial charge is 0.156 e. The topological polar surface area (TPSA) is 53.6 Å². The molecule has 0 saturated carbocycles. The highest BCUT2D eigenvalue weighted by Crippen LogP contribution is 2.35. The highest BCUT2D eigenvalue weighted by molar-refractivity contribution is 5.10. The Hall–Kier alpha value is -0.900. The van der Waals surface area contributed by atoms with Crippen molar-refractivity contribution in [3.8, 4) is 0 Å². The van der Waals surface area contributed by atoms with Crippen LogP contribution in [0.5, 0.6) is 0 Å². The van der Waals surface area contributed by atoms with Gasteiger partial charge in [-0.15, -0.1) is 0 Å². The fourth-order valence-corrected chi connectivity index (χ4v) is 2.66. The molecule has 0 unspecified atom stereocenters. The fraction of sp³-hybridized carbons (Fsp3) is 0.833. The van der Waals surface area contributed by atoms with E-state index in [1.165, 1.54) is 25.7 Å². The first-order valence-corrected chi connectivity index (χ1v) is 6.43. The number of hydrogen-bond donors (Lipinski definition) is 2. The molecule has 0 radical (unpaired) electrons. The fourth-order valence-electron chi connectivity index (χ4n) is 2.66. The molecule has 1 aromatic heterocycles. The van der Waals surface area contributed by atoms with Gasteiger partial charge in [0.05, 0.1) is 0 Å². The summed E-state index contributed by atoms with van der Waals surface area (Å²) in [7, 11) is 0. The number of piperidine rings is 1. The van der Waals surface area contributed by atoms with Gasteiger partial charge in [0.15, 0.2) is 5.82 Å². The average molecular weight is 222 g/mol. The molecule has 16 heavy (non-hydrogen) atoms. The molecule has 4 nitrogen and oxygen atoms in total. The van der Waals surface area contributed by atoms with Gasteiger partial charge in [0.1, 0.15) is 5.82 Å². The van der Waals surface area contributed by atoms with Gasteiger partial charge in [-0.05, 0) is 32.4 Å². The number of aromatic nitrogens is 3. The molecule has 1 fully saturated rings. The first-order valence-electron chi connectivity index (χ1n) is 6.43. The average Bonchev–Trinajstić information content (AvgIpc) is 2.80. The van der Waals surface area contributed by atoms with Crippen LogP contribution in [0.4, 0.5) is 0 Å². The second kappa shape index (κ2) is 4.95. The molecule has 90 valence electrons. The minimum Gasteiger partial charge on any atom is -0.317 e. The summed E-state index contributed by atoms with van der Waals surface area (Å²) in [6.45, 7) is 6.54. The summed E-state index contributed by atoms with van der Waals surface area (Å²) in [5, 5.41) is 10.9. The predicted molar refractivity (Wildman–Crippen MR) is 64.5 cm³/mol.